The van der Waals surface area contributed by atoms with Crippen molar-refractivity contribution in [2.75, 3.05) is 13.2 Å². The van der Waals surface area contributed by atoms with Gasteiger partial charge in [0.25, 0.3) is 0 Å². The zero-order chi connectivity index (χ0) is 17.9. The monoisotopic (exact) mass is 359 g/mol. The lowest BCUT2D eigenvalue weighted by molar-refractivity contribution is 0.322. The molecule has 0 unspecified atom stereocenters. The van der Waals surface area contributed by atoms with Gasteiger partial charge < -0.3 is 4.74 Å². The first-order chi connectivity index (χ1) is 12.0. The Labute approximate surface area is 150 Å². The molecule has 1 aliphatic carbocycles. The molecular formula is C20H25NO3S. The van der Waals surface area contributed by atoms with Crippen molar-refractivity contribution in [1.29, 1.82) is 0 Å². The summed E-state index contributed by atoms with van der Waals surface area (Å²) in [5, 5.41) is 0. The van der Waals surface area contributed by atoms with Crippen LogP contribution in [0.5, 0.6) is 5.75 Å². The number of nitrogens with one attached hydrogen (secondary N) is 1. The average Bonchev–Trinajstić information content (AvgIpc) is 2.61. The Morgan fingerprint density at radius 2 is 1.72 bits per heavy atom. The van der Waals surface area contributed by atoms with Gasteiger partial charge in [-0.15, -0.1) is 0 Å². The van der Waals surface area contributed by atoms with Crippen LogP contribution in [-0.4, -0.2) is 21.6 Å². The van der Waals surface area contributed by atoms with E-state index in [0.29, 0.717) is 11.5 Å². The molecule has 134 valence electrons. The highest BCUT2D eigenvalue weighted by Gasteiger charge is 2.14. The molecule has 0 atom stereocenters. The molecule has 3 rings (SSSR count). The topological polar surface area (TPSA) is 55.4 Å². The van der Waals surface area contributed by atoms with Gasteiger partial charge in [0.1, 0.15) is 12.4 Å². The molecule has 1 aliphatic rings. The summed E-state index contributed by atoms with van der Waals surface area (Å²) in [5.74, 6) is 0.811. The fraction of sp³-hybridized carbons (Fsp3) is 0.400. The largest absolute Gasteiger partial charge is 0.492 e. The molecule has 4 nitrogen and oxygen atoms in total. The van der Waals surface area contributed by atoms with Crippen LogP contribution in [0.25, 0.3) is 0 Å². The van der Waals surface area contributed by atoms with Crippen molar-refractivity contribution in [1.82, 2.24) is 4.72 Å². The summed E-state index contributed by atoms with van der Waals surface area (Å²) in [5.41, 5.74) is 4.82. The minimum Gasteiger partial charge on any atom is -0.492 e. The maximum absolute atomic E-state index is 12.3. The predicted molar refractivity (Wildman–Crippen MR) is 99.7 cm³/mol. The lowest BCUT2D eigenvalue weighted by atomic mass is 9.92. The van der Waals surface area contributed by atoms with E-state index >= 15 is 0 Å². The van der Waals surface area contributed by atoms with Crippen LogP contribution in [-0.2, 0) is 22.9 Å². The van der Waals surface area contributed by atoms with E-state index < -0.39 is 10.0 Å². The molecular weight excluding hydrogens is 334 g/mol. The normalized spacial score (nSPS) is 14.2. The van der Waals surface area contributed by atoms with Crippen molar-refractivity contribution >= 4 is 10.0 Å². The quantitative estimate of drug-likeness (QED) is 0.803. The highest BCUT2D eigenvalue weighted by Crippen LogP contribution is 2.25. The minimum absolute atomic E-state index is 0.242. The summed E-state index contributed by atoms with van der Waals surface area (Å²) in [6.07, 6.45) is 4.73. The molecule has 0 aromatic heterocycles. The van der Waals surface area contributed by atoms with Crippen molar-refractivity contribution in [3.63, 3.8) is 0 Å². The van der Waals surface area contributed by atoms with E-state index in [0.717, 1.165) is 29.7 Å². The van der Waals surface area contributed by atoms with Crippen LogP contribution in [0.3, 0.4) is 0 Å². The number of hydrogen-bond acceptors (Lipinski definition) is 3. The Bertz CT molecular complexity index is 859. The lowest BCUT2D eigenvalue weighted by Gasteiger charge is -2.17. The van der Waals surface area contributed by atoms with E-state index in [2.05, 4.69) is 16.9 Å². The number of aryl methyl sites for hydroxylation is 4. The van der Waals surface area contributed by atoms with Crippen molar-refractivity contribution in [2.24, 2.45) is 0 Å². The second kappa shape index (κ2) is 7.58. The molecule has 2 aromatic rings. The van der Waals surface area contributed by atoms with Crippen molar-refractivity contribution in [3.05, 3.63) is 58.7 Å². The van der Waals surface area contributed by atoms with E-state index in [-0.39, 0.29) is 6.54 Å². The van der Waals surface area contributed by atoms with E-state index in [1.165, 1.54) is 24.0 Å². The molecule has 0 radical (unpaired) electrons. The number of rotatable bonds is 6. The summed E-state index contributed by atoms with van der Waals surface area (Å²) in [6, 6.07) is 11.3. The van der Waals surface area contributed by atoms with Crippen LogP contribution in [0.15, 0.2) is 41.3 Å². The molecule has 0 bridgehead atoms. The van der Waals surface area contributed by atoms with Gasteiger partial charge in [0.15, 0.2) is 0 Å². The predicted octanol–water partition coefficient (Wildman–Crippen LogP) is 3.54. The summed E-state index contributed by atoms with van der Waals surface area (Å²) in [7, 11) is -3.50. The molecule has 0 fully saturated rings. The standard InChI is InChI=1S/C20H25NO3S/c1-15-7-10-20(13-16(15)2)25(22,23)21-11-12-24-19-9-8-17-5-3-4-6-18(17)14-19/h7-10,13-14,21H,3-6,11-12H2,1-2H3. The number of benzene rings is 2. The van der Waals surface area contributed by atoms with Gasteiger partial charge in [-0.1, -0.05) is 12.1 Å². The third-order valence-electron chi connectivity index (χ3n) is 4.77. The summed E-state index contributed by atoms with van der Waals surface area (Å²) < 4.78 is 33.0. The average molecular weight is 359 g/mol. The van der Waals surface area contributed by atoms with Crippen molar-refractivity contribution in [2.45, 2.75) is 44.4 Å². The Morgan fingerprint density at radius 1 is 0.960 bits per heavy atom. The maximum atomic E-state index is 12.3. The number of fused-ring (bicyclic) bond motifs is 1. The van der Waals surface area contributed by atoms with E-state index in [4.69, 9.17) is 4.74 Å². The van der Waals surface area contributed by atoms with Gasteiger partial charge in [-0.25, -0.2) is 13.1 Å². The number of hydrogen-bond donors (Lipinski definition) is 1. The molecule has 0 saturated carbocycles. The molecule has 0 spiro atoms. The molecule has 0 aliphatic heterocycles. The molecule has 5 heteroatoms. The second-order valence-corrected chi connectivity index (χ2v) is 8.40. The summed E-state index contributed by atoms with van der Waals surface area (Å²) in [6.45, 7) is 4.42. The SMILES string of the molecule is Cc1ccc(S(=O)(=O)NCCOc2ccc3c(c2)CCCC3)cc1C. The van der Waals surface area contributed by atoms with Gasteiger partial charge in [0.05, 0.1) is 4.90 Å². The third kappa shape index (κ3) is 4.41. The van der Waals surface area contributed by atoms with Crippen LogP contribution in [0.4, 0.5) is 0 Å². The zero-order valence-electron chi connectivity index (χ0n) is 14.8. The third-order valence-corrected chi connectivity index (χ3v) is 6.23. The maximum Gasteiger partial charge on any atom is 0.240 e. The van der Waals surface area contributed by atoms with Crippen LogP contribution >= 0.6 is 0 Å². The Kier molecular flexibility index (Phi) is 5.45. The first kappa shape index (κ1) is 18.0. The molecule has 25 heavy (non-hydrogen) atoms. The first-order valence-electron chi connectivity index (χ1n) is 8.77. The van der Waals surface area contributed by atoms with Crippen LogP contribution in [0.2, 0.25) is 0 Å². The smallest absolute Gasteiger partial charge is 0.240 e. The van der Waals surface area contributed by atoms with Gasteiger partial charge in [0, 0.05) is 6.54 Å². The van der Waals surface area contributed by atoms with Crippen LogP contribution < -0.4 is 9.46 Å². The van der Waals surface area contributed by atoms with Gasteiger partial charge in [-0.05, 0) is 86.1 Å². The Hall–Kier alpha value is -1.85. The van der Waals surface area contributed by atoms with Crippen LogP contribution in [0, 0.1) is 13.8 Å². The molecule has 0 heterocycles. The van der Waals surface area contributed by atoms with Crippen molar-refractivity contribution in [3.8, 4) is 5.75 Å². The van der Waals surface area contributed by atoms with Gasteiger partial charge >= 0.3 is 0 Å². The first-order valence-corrected chi connectivity index (χ1v) is 10.3. The number of ether oxygens (including phenoxy) is 1. The summed E-state index contributed by atoms with van der Waals surface area (Å²) in [4.78, 5) is 0.296. The highest BCUT2D eigenvalue weighted by molar-refractivity contribution is 7.89. The Morgan fingerprint density at radius 3 is 2.48 bits per heavy atom. The van der Waals surface area contributed by atoms with Gasteiger partial charge in [0.2, 0.25) is 10.0 Å². The zero-order valence-corrected chi connectivity index (χ0v) is 15.7. The Balaban J connectivity index is 1.54. The van der Waals surface area contributed by atoms with Gasteiger partial charge in [-0.3, -0.25) is 0 Å². The van der Waals surface area contributed by atoms with Crippen molar-refractivity contribution < 1.29 is 13.2 Å². The molecule has 2 aromatic carbocycles. The van der Waals surface area contributed by atoms with E-state index in [9.17, 15) is 8.42 Å². The minimum atomic E-state index is -3.50. The van der Waals surface area contributed by atoms with E-state index in [1.54, 1.807) is 12.1 Å². The van der Waals surface area contributed by atoms with E-state index in [1.807, 2.05) is 26.0 Å². The van der Waals surface area contributed by atoms with Crippen LogP contribution in [0.1, 0.15) is 35.1 Å². The molecule has 0 amide bonds. The molecule has 0 saturated heterocycles. The lowest BCUT2D eigenvalue weighted by Crippen LogP contribution is -2.28. The highest BCUT2D eigenvalue weighted by atomic mass is 32.2. The second-order valence-electron chi connectivity index (χ2n) is 6.63. The van der Waals surface area contributed by atoms with Gasteiger partial charge in [-0.2, -0.15) is 0 Å². The fourth-order valence-electron chi connectivity index (χ4n) is 3.11. The fourth-order valence-corrected chi connectivity index (χ4v) is 4.21. The summed E-state index contributed by atoms with van der Waals surface area (Å²) >= 11 is 0. The number of sulfonamides is 1. The molecule has 1 N–H and O–H groups in total.